The monoisotopic (exact) mass is 1750 g/mol. The van der Waals surface area contributed by atoms with Gasteiger partial charge in [-0.05, 0) is 144 Å². The number of aliphatic hydroxyl groups is 3. The number of esters is 1. The zero-order chi connectivity index (χ0) is 90.4. The number of ether oxygens (including phenoxy) is 9. The summed E-state index contributed by atoms with van der Waals surface area (Å²) >= 11 is 0. The van der Waals surface area contributed by atoms with Crippen LogP contribution < -0.4 is 33.2 Å². The first kappa shape index (κ1) is 98.2. The van der Waals surface area contributed by atoms with Crippen LogP contribution in [0.4, 0.5) is 11.8 Å². The standard InChI is InChI=1S/C90H127N15O21/c1-55-17-10-9-11-18-56(2)73(117-7)51-65-25-22-60(6)90(116,126-65)83(112)87(114)103-33-14-12-21-70(103)88(115)124-74(52-71(106)57(3)46-59(5)81(110)82(111)80(109)58(4)45-55)66(91)47-61-23-26-69(75(48-61)118-8)105-53-68(100-102-105)62-19-16-20-64(49-62)86(113)96-32-38-122-42-44-123-43-40-120-36-29-77(108)95-31-37-121-41-39-119-35-28-76(107)94-30-13-15-34-104-85-78(84(92)97-54-98-85)79(101-104)63-24-27-72-67(50-63)99-89(93)125-72/h9-11,16-20,24,27,46,49-50,53-55,57-58,60-61,65-66,69-70,73-75,81-82,110-111,116H,12-15,21-23,25-26,28-45,47-48,51-52,91H2,1-8H3,(H2,93,99)(H,94,107)(H,95,108)(H,96,113)(H2,92,97,98)/b11-9+,17-10+,56-18+,59-46+/t55-,57-,58-,60-,61+,65+,66-,69+,70+,73+,74+,75-,81-,82+,90-/m1/s1. The molecule has 2 bridgehead atoms. The van der Waals surface area contributed by atoms with E-state index in [-0.39, 0.29) is 125 Å². The molecule has 0 unspecified atom stereocenters. The van der Waals surface area contributed by atoms with Crippen molar-refractivity contribution in [3.8, 4) is 22.5 Å². The van der Waals surface area contributed by atoms with Gasteiger partial charge in [-0.1, -0.05) is 81.5 Å². The highest BCUT2D eigenvalue weighted by Crippen LogP contribution is 2.40. The van der Waals surface area contributed by atoms with Crippen molar-refractivity contribution in [1.29, 1.82) is 0 Å². The van der Waals surface area contributed by atoms with Gasteiger partial charge in [-0.2, -0.15) is 10.1 Å². The van der Waals surface area contributed by atoms with Crippen LogP contribution in [0.25, 0.3) is 44.6 Å². The normalized spacial score (nSPS) is 26.5. The molecule has 36 heteroatoms. The molecule has 3 fully saturated rings. The number of Topliss-reactive ketones (excluding diaryl/α,β-unsaturated/α-hetero) is 3. The van der Waals surface area contributed by atoms with Crippen molar-refractivity contribution in [2.24, 2.45) is 35.3 Å². The third-order valence-corrected chi connectivity index (χ3v) is 23.8. The lowest BCUT2D eigenvalue weighted by Gasteiger charge is -2.42. The van der Waals surface area contributed by atoms with E-state index in [1.54, 1.807) is 74.8 Å². The number of benzene rings is 2. The number of hydrogen-bond donors (Lipinski definition) is 9. The number of carbonyl (C=O) groups excluding carboxylic acids is 8. The summed E-state index contributed by atoms with van der Waals surface area (Å²) in [6, 6.07) is 10.0. The summed E-state index contributed by atoms with van der Waals surface area (Å²) in [4.78, 5) is 124. The van der Waals surface area contributed by atoms with Crippen LogP contribution in [-0.2, 0) is 82.7 Å². The van der Waals surface area contributed by atoms with Crippen LogP contribution in [-0.4, -0.2) is 268 Å². The molecule has 2 saturated heterocycles. The Balaban J connectivity index is 0.603. The number of piperidine rings is 1. The molecule has 12 N–H and O–H groups in total. The number of oxazole rings is 1. The number of nitrogens with zero attached hydrogens (tertiary/aromatic N) is 9. The maximum Gasteiger partial charge on any atom is 0.329 e. The number of unbranched alkanes of at least 4 members (excludes halogenated alkanes) is 1. The third-order valence-electron chi connectivity index (χ3n) is 23.8. The van der Waals surface area contributed by atoms with Gasteiger partial charge in [0.25, 0.3) is 23.6 Å². The average molecular weight is 1760 g/mol. The summed E-state index contributed by atoms with van der Waals surface area (Å²) in [5.74, 6) is -9.54. The molecule has 4 aromatic heterocycles. The Morgan fingerprint density at radius 2 is 1.44 bits per heavy atom. The number of carbonyl (C=O) groups is 8. The molecule has 688 valence electrons. The molecule has 36 nitrogen and oxygen atoms in total. The second-order valence-corrected chi connectivity index (χ2v) is 33.2. The number of methoxy groups -OCH3 is 2. The molecule has 15 atom stereocenters. The van der Waals surface area contributed by atoms with E-state index in [9.17, 15) is 53.7 Å². The van der Waals surface area contributed by atoms with E-state index in [1.165, 1.54) is 19.3 Å². The van der Waals surface area contributed by atoms with Crippen molar-refractivity contribution in [3.05, 3.63) is 108 Å². The summed E-state index contributed by atoms with van der Waals surface area (Å²) in [5, 5.41) is 57.8. The molecule has 3 aliphatic heterocycles. The van der Waals surface area contributed by atoms with Crippen LogP contribution in [0.15, 0.2) is 107 Å². The predicted molar refractivity (Wildman–Crippen MR) is 466 cm³/mol. The van der Waals surface area contributed by atoms with Gasteiger partial charge >= 0.3 is 5.97 Å². The van der Waals surface area contributed by atoms with Crippen molar-refractivity contribution in [1.82, 2.24) is 60.6 Å². The van der Waals surface area contributed by atoms with Gasteiger partial charge in [0, 0.05) is 113 Å². The lowest BCUT2D eigenvalue weighted by atomic mass is 9.79. The number of nitrogen functional groups attached to an aromatic ring is 2. The number of aryl methyl sites for hydroxylation is 1. The van der Waals surface area contributed by atoms with Gasteiger partial charge in [0.15, 0.2) is 17.0 Å². The van der Waals surface area contributed by atoms with Crippen molar-refractivity contribution in [2.45, 2.75) is 211 Å². The second kappa shape index (κ2) is 48.8. The SMILES string of the molecule is CO[C@H]1C[C@@H]2CC[C@@H](C)[C@@](O)(O2)C(=O)C(=O)N2CCCC[C@H]2C(=O)O[C@H]([C@H](N)C[C@@H]2CC[C@H](n3cc(-c4cccc(C(=O)NCCOCCOCCOCCC(=O)NCCOCCOCCC(=O)NCCCCn5nc(-c6ccc7oc(N)nc7c6)c6c(N)ncnc65)c4)nn3)[C@H](OC)C2)CC(=O)[C@H](C)/C=C(\C)[C@@H](O)[C@@H](O)C(=O)[C@H](C)C[C@H](C)/C=C/C=C/C=C/1C. The van der Waals surface area contributed by atoms with E-state index in [2.05, 4.69) is 41.2 Å². The smallest absolute Gasteiger partial charge is 0.329 e. The molecule has 0 spiro atoms. The summed E-state index contributed by atoms with van der Waals surface area (Å²) in [7, 11) is 3.15. The minimum Gasteiger partial charge on any atom is -0.459 e. The number of aliphatic hydroxyl groups excluding tert-OH is 2. The number of nitrogens with one attached hydrogen (secondary N) is 3. The van der Waals surface area contributed by atoms with Crippen molar-refractivity contribution >= 4 is 80.9 Å². The van der Waals surface area contributed by atoms with Crippen LogP contribution >= 0.6 is 0 Å². The number of aromatic nitrogens is 8. The Bertz CT molecular complexity index is 4740. The Labute approximate surface area is 734 Å². The topological polar surface area (TPSA) is 498 Å². The van der Waals surface area contributed by atoms with Gasteiger partial charge < -0.3 is 100 Å². The summed E-state index contributed by atoms with van der Waals surface area (Å²) < 4.78 is 61.4. The molecular weight excluding hydrogens is 1630 g/mol. The summed E-state index contributed by atoms with van der Waals surface area (Å²) in [5.41, 5.74) is 24.9. The fourth-order valence-electron chi connectivity index (χ4n) is 16.4. The van der Waals surface area contributed by atoms with E-state index in [0.29, 0.717) is 167 Å². The van der Waals surface area contributed by atoms with Crippen LogP contribution in [0.5, 0.6) is 0 Å². The molecule has 4 amide bonds. The van der Waals surface area contributed by atoms with E-state index in [4.69, 9.17) is 69.3 Å². The second-order valence-electron chi connectivity index (χ2n) is 33.2. The Hall–Kier alpha value is -9.96. The molecule has 6 aromatic rings. The number of fused-ring (bicyclic) bond motifs is 5. The minimum absolute atomic E-state index is 0.000176. The van der Waals surface area contributed by atoms with Crippen LogP contribution in [0, 0.1) is 29.6 Å². The zero-order valence-corrected chi connectivity index (χ0v) is 73.6. The first-order chi connectivity index (χ1) is 60.6. The fraction of sp³-hybridized carbons (Fsp3) is 0.600. The van der Waals surface area contributed by atoms with Crippen molar-refractivity contribution < 1.29 is 101 Å². The Morgan fingerprint density at radius 3 is 2.16 bits per heavy atom. The molecule has 1 saturated carbocycles. The number of allylic oxidation sites excluding steroid dienone is 6. The van der Waals surface area contributed by atoms with Crippen LogP contribution in [0.1, 0.15) is 161 Å². The lowest BCUT2D eigenvalue weighted by molar-refractivity contribution is -0.265. The third kappa shape index (κ3) is 27.8. The van der Waals surface area contributed by atoms with Gasteiger partial charge in [0.1, 0.15) is 59.2 Å². The number of ketones is 3. The molecule has 4 aliphatic rings. The first-order valence-corrected chi connectivity index (χ1v) is 43.9. The lowest BCUT2D eigenvalue weighted by Crippen LogP contribution is -2.61. The molecule has 126 heavy (non-hydrogen) atoms. The fourth-order valence-corrected chi connectivity index (χ4v) is 16.4. The molecular formula is C90H127N15O21. The van der Waals surface area contributed by atoms with Gasteiger partial charge in [0.05, 0.1) is 102 Å². The Morgan fingerprint density at radius 1 is 0.730 bits per heavy atom. The van der Waals surface area contributed by atoms with Gasteiger partial charge in [0.2, 0.25) is 17.6 Å². The average Bonchev–Trinajstić information content (AvgIpc) is 1.55. The minimum atomic E-state index is -2.51. The van der Waals surface area contributed by atoms with E-state index in [0.717, 1.165) is 16.0 Å². The molecule has 10 rings (SSSR count). The van der Waals surface area contributed by atoms with Gasteiger partial charge in [-0.3, -0.25) is 33.6 Å². The predicted octanol–water partition coefficient (Wildman–Crippen LogP) is 6.77. The van der Waals surface area contributed by atoms with Crippen molar-refractivity contribution in [3.63, 3.8) is 0 Å². The molecule has 7 heterocycles. The quantitative estimate of drug-likeness (QED) is 0.00857. The largest absolute Gasteiger partial charge is 0.459 e. The van der Waals surface area contributed by atoms with Gasteiger partial charge in [-0.25, -0.2) is 24.1 Å². The van der Waals surface area contributed by atoms with Crippen LogP contribution in [0.2, 0.25) is 0 Å². The maximum absolute atomic E-state index is 14.8. The first-order valence-electron chi connectivity index (χ1n) is 43.9. The number of anilines is 2. The van der Waals surface area contributed by atoms with Gasteiger partial charge in [-0.15, -0.1) is 5.10 Å². The number of rotatable bonds is 35. The highest BCUT2D eigenvalue weighted by Gasteiger charge is 2.53. The number of amides is 4. The highest BCUT2D eigenvalue weighted by atomic mass is 16.6. The van der Waals surface area contributed by atoms with Crippen LogP contribution in [0.3, 0.4) is 0 Å². The molecule has 0 radical (unpaired) electrons. The highest BCUT2D eigenvalue weighted by molar-refractivity contribution is 6.39. The number of nitrogens with two attached hydrogens (primary N) is 3. The number of hydrogen-bond acceptors (Lipinski definition) is 30. The van der Waals surface area contributed by atoms with E-state index < -0.39 is 108 Å². The van der Waals surface area contributed by atoms with E-state index in [1.807, 2.05) is 62.4 Å². The molecule has 2 aromatic carbocycles. The molecule has 1 aliphatic carbocycles. The summed E-state index contributed by atoms with van der Waals surface area (Å²) in [6.45, 7) is 14.6. The zero-order valence-electron chi connectivity index (χ0n) is 73.6. The maximum atomic E-state index is 14.8. The summed E-state index contributed by atoms with van der Waals surface area (Å²) in [6.07, 6.45) is 13.6. The van der Waals surface area contributed by atoms with Crippen molar-refractivity contribution in [2.75, 3.05) is 118 Å². The van der Waals surface area contributed by atoms with E-state index >= 15 is 0 Å². The Kier molecular flexibility index (Phi) is 38.1. The number of cyclic esters (lactones) is 1.